The minimum Gasteiger partial charge on any atom is -0.345 e. The Hall–Kier alpha value is -2.69. The van der Waals surface area contributed by atoms with E-state index in [9.17, 15) is 14.0 Å². The molecule has 0 fully saturated rings. The molecule has 0 saturated carbocycles. The van der Waals surface area contributed by atoms with Crippen LogP contribution in [0.4, 0.5) is 10.1 Å². The molecule has 0 aliphatic carbocycles. The fourth-order valence-electron chi connectivity index (χ4n) is 1.99. The van der Waals surface area contributed by atoms with Gasteiger partial charge < -0.3 is 10.2 Å². The zero-order chi connectivity index (χ0) is 16.1. The maximum atomic E-state index is 13.1. The van der Waals surface area contributed by atoms with Gasteiger partial charge in [0.1, 0.15) is 5.82 Å². The van der Waals surface area contributed by atoms with Crippen molar-refractivity contribution in [3.63, 3.8) is 0 Å². The maximum Gasteiger partial charge on any atom is 0.253 e. The standard InChI is InChI=1S/C17H17FN2O2/c1-20(2)17(22)13-6-8-15(9-7-13)19-16(21)11-12-4-3-5-14(18)10-12/h3-10H,11H2,1-2H3,(H,19,21). The molecular formula is C17H17FN2O2. The van der Waals surface area contributed by atoms with Gasteiger partial charge in [-0.2, -0.15) is 0 Å². The zero-order valence-corrected chi connectivity index (χ0v) is 12.5. The number of nitrogens with zero attached hydrogens (tertiary/aromatic N) is 1. The van der Waals surface area contributed by atoms with E-state index in [1.807, 2.05) is 0 Å². The van der Waals surface area contributed by atoms with Crippen molar-refractivity contribution in [1.82, 2.24) is 4.90 Å². The normalized spacial score (nSPS) is 10.1. The molecule has 4 nitrogen and oxygen atoms in total. The van der Waals surface area contributed by atoms with E-state index in [0.29, 0.717) is 16.8 Å². The predicted molar refractivity (Wildman–Crippen MR) is 83.2 cm³/mol. The first-order chi connectivity index (χ1) is 10.5. The van der Waals surface area contributed by atoms with Crippen LogP contribution in [-0.2, 0) is 11.2 Å². The third-order valence-corrected chi connectivity index (χ3v) is 3.08. The summed E-state index contributed by atoms with van der Waals surface area (Å²) in [6, 6.07) is 12.6. The van der Waals surface area contributed by atoms with Crippen molar-refractivity contribution in [3.05, 3.63) is 65.5 Å². The highest BCUT2D eigenvalue weighted by molar-refractivity contribution is 5.96. The van der Waals surface area contributed by atoms with Crippen LogP contribution < -0.4 is 5.32 Å². The number of nitrogens with one attached hydrogen (secondary N) is 1. The first-order valence-electron chi connectivity index (χ1n) is 6.82. The third-order valence-electron chi connectivity index (χ3n) is 3.08. The average molecular weight is 300 g/mol. The molecule has 0 aromatic heterocycles. The minimum atomic E-state index is -0.364. The lowest BCUT2D eigenvalue weighted by molar-refractivity contribution is -0.115. The quantitative estimate of drug-likeness (QED) is 0.944. The molecule has 0 radical (unpaired) electrons. The van der Waals surface area contributed by atoms with Gasteiger partial charge in [-0.1, -0.05) is 12.1 Å². The Morgan fingerprint density at radius 1 is 1.09 bits per heavy atom. The summed E-state index contributed by atoms with van der Waals surface area (Å²) in [5.74, 6) is -0.702. The number of amides is 2. The Morgan fingerprint density at radius 2 is 1.77 bits per heavy atom. The maximum absolute atomic E-state index is 13.1. The molecule has 0 unspecified atom stereocenters. The molecule has 1 N–H and O–H groups in total. The fourth-order valence-corrected chi connectivity index (χ4v) is 1.99. The van der Waals surface area contributed by atoms with Crippen LogP contribution in [0.5, 0.6) is 0 Å². The fraction of sp³-hybridized carbons (Fsp3) is 0.176. The van der Waals surface area contributed by atoms with Gasteiger partial charge in [-0.05, 0) is 42.0 Å². The van der Waals surface area contributed by atoms with Crippen molar-refractivity contribution >= 4 is 17.5 Å². The van der Waals surface area contributed by atoms with E-state index in [4.69, 9.17) is 0 Å². The van der Waals surface area contributed by atoms with Gasteiger partial charge in [0.15, 0.2) is 0 Å². The van der Waals surface area contributed by atoms with Crippen LogP contribution in [0.15, 0.2) is 48.5 Å². The van der Waals surface area contributed by atoms with Gasteiger partial charge in [-0.15, -0.1) is 0 Å². The molecule has 2 amide bonds. The van der Waals surface area contributed by atoms with E-state index in [0.717, 1.165) is 0 Å². The Kier molecular flexibility index (Phi) is 4.88. The van der Waals surface area contributed by atoms with Crippen LogP contribution in [0.25, 0.3) is 0 Å². The van der Waals surface area contributed by atoms with E-state index in [-0.39, 0.29) is 24.1 Å². The number of hydrogen-bond donors (Lipinski definition) is 1. The number of carbonyl (C=O) groups excluding carboxylic acids is 2. The highest BCUT2D eigenvalue weighted by Gasteiger charge is 2.09. The molecule has 22 heavy (non-hydrogen) atoms. The second kappa shape index (κ2) is 6.85. The van der Waals surface area contributed by atoms with Crippen molar-refractivity contribution in [3.8, 4) is 0 Å². The van der Waals surface area contributed by atoms with Gasteiger partial charge in [0.2, 0.25) is 5.91 Å². The van der Waals surface area contributed by atoms with Gasteiger partial charge >= 0.3 is 0 Å². The number of benzene rings is 2. The topological polar surface area (TPSA) is 49.4 Å². The first-order valence-corrected chi connectivity index (χ1v) is 6.82. The summed E-state index contributed by atoms with van der Waals surface area (Å²) in [4.78, 5) is 25.1. The summed E-state index contributed by atoms with van der Waals surface area (Å²) in [5, 5.41) is 2.72. The highest BCUT2D eigenvalue weighted by atomic mass is 19.1. The van der Waals surface area contributed by atoms with Crippen LogP contribution in [0.2, 0.25) is 0 Å². The van der Waals surface area contributed by atoms with Gasteiger partial charge in [-0.3, -0.25) is 9.59 Å². The van der Waals surface area contributed by atoms with Crippen LogP contribution in [0.1, 0.15) is 15.9 Å². The molecule has 0 atom stereocenters. The van der Waals surface area contributed by atoms with E-state index < -0.39 is 0 Å². The number of hydrogen-bond acceptors (Lipinski definition) is 2. The van der Waals surface area contributed by atoms with Crippen LogP contribution in [0.3, 0.4) is 0 Å². The van der Waals surface area contributed by atoms with Crippen molar-refractivity contribution in [2.75, 3.05) is 19.4 Å². The Morgan fingerprint density at radius 3 is 2.36 bits per heavy atom. The lowest BCUT2D eigenvalue weighted by Gasteiger charge is -2.11. The molecule has 0 bridgehead atoms. The van der Waals surface area contributed by atoms with E-state index in [2.05, 4.69) is 5.32 Å². The molecule has 2 aromatic rings. The Bertz CT molecular complexity index is 681. The van der Waals surface area contributed by atoms with Crippen molar-refractivity contribution < 1.29 is 14.0 Å². The van der Waals surface area contributed by atoms with Crippen LogP contribution >= 0.6 is 0 Å². The second-order valence-corrected chi connectivity index (χ2v) is 5.13. The van der Waals surface area contributed by atoms with Crippen molar-refractivity contribution in [1.29, 1.82) is 0 Å². The molecule has 5 heteroatoms. The van der Waals surface area contributed by atoms with Crippen molar-refractivity contribution in [2.24, 2.45) is 0 Å². The molecule has 2 rings (SSSR count). The Labute approximate surface area is 128 Å². The Balaban J connectivity index is 1.98. The molecule has 0 heterocycles. The van der Waals surface area contributed by atoms with E-state index in [1.54, 1.807) is 50.5 Å². The van der Waals surface area contributed by atoms with E-state index >= 15 is 0 Å². The minimum absolute atomic E-state index is 0.0934. The van der Waals surface area contributed by atoms with Crippen LogP contribution in [0, 0.1) is 5.82 Å². The summed E-state index contributed by atoms with van der Waals surface area (Å²) in [6.45, 7) is 0. The summed E-state index contributed by atoms with van der Waals surface area (Å²) in [7, 11) is 3.36. The van der Waals surface area contributed by atoms with Crippen LogP contribution in [-0.4, -0.2) is 30.8 Å². The number of carbonyl (C=O) groups is 2. The zero-order valence-electron chi connectivity index (χ0n) is 12.5. The highest BCUT2D eigenvalue weighted by Crippen LogP contribution is 2.12. The summed E-state index contributed by atoms with van der Waals surface area (Å²) in [5.41, 5.74) is 1.75. The summed E-state index contributed by atoms with van der Waals surface area (Å²) < 4.78 is 13.1. The van der Waals surface area contributed by atoms with E-state index in [1.165, 1.54) is 17.0 Å². The SMILES string of the molecule is CN(C)C(=O)c1ccc(NC(=O)Cc2cccc(F)c2)cc1. The molecule has 0 aliphatic heterocycles. The van der Waals surface area contributed by atoms with Gasteiger partial charge in [0.25, 0.3) is 5.91 Å². The second-order valence-electron chi connectivity index (χ2n) is 5.13. The van der Waals surface area contributed by atoms with Gasteiger partial charge in [-0.25, -0.2) is 4.39 Å². The van der Waals surface area contributed by atoms with Gasteiger partial charge in [0.05, 0.1) is 6.42 Å². The molecule has 0 aliphatic rings. The third kappa shape index (κ3) is 4.15. The summed E-state index contributed by atoms with van der Waals surface area (Å²) >= 11 is 0. The lowest BCUT2D eigenvalue weighted by atomic mass is 10.1. The number of anilines is 1. The van der Waals surface area contributed by atoms with Crippen molar-refractivity contribution in [2.45, 2.75) is 6.42 Å². The first kappa shape index (κ1) is 15.7. The molecule has 114 valence electrons. The average Bonchev–Trinajstić information content (AvgIpc) is 2.47. The lowest BCUT2D eigenvalue weighted by Crippen LogP contribution is -2.21. The van der Waals surface area contributed by atoms with Gasteiger partial charge in [0, 0.05) is 25.3 Å². The largest absolute Gasteiger partial charge is 0.345 e. The number of halogens is 1. The molecule has 2 aromatic carbocycles. The predicted octanol–water partition coefficient (Wildman–Crippen LogP) is 2.71. The monoisotopic (exact) mass is 300 g/mol. The molecular weight excluding hydrogens is 283 g/mol. The summed E-state index contributed by atoms with van der Waals surface area (Å²) in [6.07, 6.45) is 0.0934. The molecule has 0 spiro atoms. The molecule has 0 saturated heterocycles. The number of rotatable bonds is 4. The smallest absolute Gasteiger partial charge is 0.253 e.